The lowest BCUT2D eigenvalue weighted by molar-refractivity contribution is -0.121. The predicted octanol–water partition coefficient (Wildman–Crippen LogP) is 2.33. The van der Waals surface area contributed by atoms with Crippen molar-refractivity contribution in [2.75, 3.05) is 0 Å². The van der Waals surface area contributed by atoms with Gasteiger partial charge in [0.15, 0.2) is 5.78 Å². The van der Waals surface area contributed by atoms with Crippen LogP contribution >= 0.6 is 0 Å². The van der Waals surface area contributed by atoms with Gasteiger partial charge in [-0.05, 0) is 25.0 Å². The number of carbonyl (C=O) groups excluding carboxylic acids is 2. The molecule has 0 N–H and O–H groups in total. The van der Waals surface area contributed by atoms with Gasteiger partial charge in [-0.3, -0.25) is 9.59 Å². The molecule has 0 heterocycles. The zero-order valence-corrected chi connectivity index (χ0v) is 9.04. The van der Waals surface area contributed by atoms with Crippen LogP contribution in [0.1, 0.15) is 34.8 Å². The maximum atomic E-state index is 11.9. The van der Waals surface area contributed by atoms with Gasteiger partial charge in [0.1, 0.15) is 5.78 Å². The second-order valence-electron chi connectivity index (χ2n) is 4.10. The van der Waals surface area contributed by atoms with Crippen LogP contribution in [-0.2, 0) is 11.2 Å². The maximum Gasteiger partial charge on any atom is 0.173 e. The largest absolute Gasteiger partial charge is 0.299 e. The smallest absolute Gasteiger partial charge is 0.173 e. The van der Waals surface area contributed by atoms with Crippen molar-refractivity contribution in [2.45, 2.75) is 26.7 Å². The summed E-state index contributed by atoms with van der Waals surface area (Å²) >= 11 is 0. The first kappa shape index (κ1) is 10.1. The fourth-order valence-corrected chi connectivity index (χ4v) is 2.10. The Bertz CT molecular complexity index is 432. The van der Waals surface area contributed by atoms with Crippen molar-refractivity contribution in [1.82, 2.24) is 0 Å². The highest BCUT2D eigenvalue weighted by atomic mass is 16.2. The van der Waals surface area contributed by atoms with Crippen LogP contribution in [-0.4, -0.2) is 11.6 Å². The van der Waals surface area contributed by atoms with E-state index in [0.29, 0.717) is 12.8 Å². The normalized spacial score (nSPS) is 19.1. The summed E-state index contributed by atoms with van der Waals surface area (Å²) in [5.41, 5.74) is 2.85. The van der Waals surface area contributed by atoms with Crippen molar-refractivity contribution in [3.63, 3.8) is 0 Å². The minimum absolute atomic E-state index is 0.0144. The van der Waals surface area contributed by atoms with Gasteiger partial charge in [-0.15, -0.1) is 0 Å². The molecule has 0 aliphatic heterocycles. The molecule has 78 valence electrons. The summed E-state index contributed by atoms with van der Waals surface area (Å²) in [5.74, 6) is -0.332. The molecule has 0 bridgehead atoms. The topological polar surface area (TPSA) is 34.1 Å². The Morgan fingerprint density at radius 2 is 2.20 bits per heavy atom. The lowest BCUT2D eigenvalue weighted by atomic mass is 9.98. The molecule has 2 nitrogen and oxygen atoms in total. The van der Waals surface area contributed by atoms with Crippen molar-refractivity contribution in [1.29, 1.82) is 0 Å². The van der Waals surface area contributed by atoms with Crippen LogP contribution in [0.2, 0.25) is 0 Å². The zero-order chi connectivity index (χ0) is 11.0. The summed E-state index contributed by atoms with van der Waals surface area (Å²) in [7, 11) is 0. The van der Waals surface area contributed by atoms with Gasteiger partial charge in [-0.2, -0.15) is 0 Å². The van der Waals surface area contributed by atoms with Crippen LogP contribution in [0.5, 0.6) is 0 Å². The molecule has 0 amide bonds. The Morgan fingerprint density at radius 3 is 2.87 bits per heavy atom. The number of fused-ring (bicyclic) bond motifs is 1. The van der Waals surface area contributed by atoms with Crippen molar-refractivity contribution < 1.29 is 9.59 Å². The number of hydrogen-bond acceptors (Lipinski definition) is 2. The van der Waals surface area contributed by atoms with E-state index < -0.39 is 5.92 Å². The van der Waals surface area contributed by atoms with Crippen LogP contribution < -0.4 is 0 Å². The molecular formula is C13H14O2. The predicted molar refractivity (Wildman–Crippen MR) is 58.0 cm³/mol. The second kappa shape index (κ2) is 3.61. The van der Waals surface area contributed by atoms with Crippen molar-refractivity contribution >= 4 is 11.6 Å². The lowest BCUT2D eigenvalue weighted by Crippen LogP contribution is -2.19. The zero-order valence-electron chi connectivity index (χ0n) is 9.04. The minimum Gasteiger partial charge on any atom is -0.299 e. The van der Waals surface area contributed by atoms with Crippen molar-refractivity contribution in [3.05, 3.63) is 34.9 Å². The third kappa shape index (κ3) is 1.60. The van der Waals surface area contributed by atoms with E-state index in [1.165, 1.54) is 0 Å². The monoisotopic (exact) mass is 202 g/mol. The van der Waals surface area contributed by atoms with Crippen LogP contribution in [0.15, 0.2) is 18.2 Å². The lowest BCUT2D eigenvalue weighted by Gasteiger charge is -2.02. The second-order valence-corrected chi connectivity index (χ2v) is 4.10. The number of aryl methyl sites for hydroxylation is 1. The molecule has 2 rings (SSSR count). The highest BCUT2D eigenvalue weighted by molar-refractivity contribution is 6.14. The third-order valence-electron chi connectivity index (χ3n) is 3.01. The van der Waals surface area contributed by atoms with Gasteiger partial charge in [0, 0.05) is 12.0 Å². The molecule has 1 atom stereocenters. The fraction of sp³-hybridized carbons (Fsp3) is 0.385. The SMILES string of the molecule is CCC(=O)C1Cc2ccc(C)cc2C1=O. The van der Waals surface area contributed by atoms with Crippen LogP contribution in [0.4, 0.5) is 0 Å². The number of ketones is 2. The van der Waals surface area contributed by atoms with Gasteiger partial charge in [-0.1, -0.05) is 24.6 Å². The van der Waals surface area contributed by atoms with E-state index in [0.717, 1.165) is 16.7 Å². The van der Waals surface area contributed by atoms with Crippen molar-refractivity contribution in [2.24, 2.45) is 5.92 Å². The number of rotatable bonds is 2. The number of benzene rings is 1. The molecule has 1 aromatic carbocycles. The standard InChI is InChI=1S/C13H14O2/c1-3-12(14)11-7-9-5-4-8(2)6-10(9)13(11)15/h4-6,11H,3,7H2,1-2H3. The number of Topliss-reactive ketones (excluding diaryl/α,β-unsaturated/α-hetero) is 2. The highest BCUT2D eigenvalue weighted by Gasteiger charge is 2.34. The Morgan fingerprint density at radius 1 is 1.47 bits per heavy atom. The van der Waals surface area contributed by atoms with Crippen LogP contribution in [0, 0.1) is 12.8 Å². The molecule has 1 aliphatic rings. The summed E-state index contributed by atoms with van der Waals surface area (Å²) in [6.07, 6.45) is 1.05. The first-order chi connectivity index (χ1) is 7.13. The number of carbonyl (C=O) groups is 2. The molecule has 0 saturated heterocycles. The van der Waals surface area contributed by atoms with Gasteiger partial charge in [-0.25, -0.2) is 0 Å². The van der Waals surface area contributed by atoms with Gasteiger partial charge in [0.05, 0.1) is 5.92 Å². The van der Waals surface area contributed by atoms with Crippen LogP contribution in [0.25, 0.3) is 0 Å². The highest BCUT2D eigenvalue weighted by Crippen LogP contribution is 2.28. The molecule has 0 fully saturated rings. The quantitative estimate of drug-likeness (QED) is 0.690. The van der Waals surface area contributed by atoms with E-state index >= 15 is 0 Å². The molecule has 2 heteroatoms. The maximum absolute atomic E-state index is 11.9. The van der Waals surface area contributed by atoms with E-state index in [9.17, 15) is 9.59 Å². The molecule has 1 aliphatic carbocycles. The summed E-state index contributed by atoms with van der Waals surface area (Å²) in [4.78, 5) is 23.5. The Hall–Kier alpha value is -1.44. The van der Waals surface area contributed by atoms with Gasteiger partial charge >= 0.3 is 0 Å². The van der Waals surface area contributed by atoms with Crippen LogP contribution in [0.3, 0.4) is 0 Å². The van der Waals surface area contributed by atoms with E-state index in [2.05, 4.69) is 0 Å². The minimum atomic E-state index is -0.410. The summed E-state index contributed by atoms with van der Waals surface area (Å²) in [6.45, 7) is 3.77. The fourth-order valence-electron chi connectivity index (χ4n) is 2.10. The molecular weight excluding hydrogens is 188 g/mol. The summed E-state index contributed by atoms with van der Waals surface area (Å²) < 4.78 is 0. The Labute approximate surface area is 89.3 Å². The van der Waals surface area contributed by atoms with E-state index in [-0.39, 0.29) is 11.6 Å². The average molecular weight is 202 g/mol. The first-order valence-corrected chi connectivity index (χ1v) is 5.30. The molecule has 15 heavy (non-hydrogen) atoms. The molecule has 0 aromatic heterocycles. The molecule has 1 aromatic rings. The van der Waals surface area contributed by atoms with Gasteiger partial charge < -0.3 is 0 Å². The van der Waals surface area contributed by atoms with Gasteiger partial charge in [0.25, 0.3) is 0 Å². The Balaban J connectivity index is 2.38. The Kier molecular flexibility index (Phi) is 2.43. The average Bonchev–Trinajstić information content (AvgIpc) is 2.55. The van der Waals surface area contributed by atoms with Crippen molar-refractivity contribution in [3.8, 4) is 0 Å². The van der Waals surface area contributed by atoms with E-state index in [4.69, 9.17) is 0 Å². The summed E-state index contributed by atoms with van der Waals surface area (Å²) in [6, 6.07) is 5.84. The molecule has 0 saturated carbocycles. The molecule has 0 spiro atoms. The first-order valence-electron chi connectivity index (χ1n) is 5.30. The third-order valence-corrected chi connectivity index (χ3v) is 3.01. The molecule has 0 radical (unpaired) electrons. The molecule has 1 unspecified atom stereocenters. The van der Waals surface area contributed by atoms with E-state index in [1.807, 2.05) is 32.0 Å². The number of hydrogen-bond donors (Lipinski definition) is 0. The van der Waals surface area contributed by atoms with E-state index in [1.54, 1.807) is 0 Å². The summed E-state index contributed by atoms with van der Waals surface area (Å²) in [5, 5.41) is 0. The van der Waals surface area contributed by atoms with Gasteiger partial charge in [0.2, 0.25) is 0 Å².